The summed E-state index contributed by atoms with van der Waals surface area (Å²) in [5.41, 5.74) is 4.63. The van der Waals surface area contributed by atoms with Crippen molar-refractivity contribution in [2.75, 3.05) is 20.8 Å². The lowest BCUT2D eigenvalue weighted by Gasteiger charge is -2.37. The topological polar surface area (TPSA) is 109 Å². The Balaban J connectivity index is 1.56. The molecule has 9 heteroatoms. The van der Waals surface area contributed by atoms with Crippen LogP contribution in [0.5, 0.6) is 23.0 Å². The van der Waals surface area contributed by atoms with Crippen LogP contribution < -0.4 is 24.3 Å². The van der Waals surface area contributed by atoms with Crippen molar-refractivity contribution in [3.63, 3.8) is 0 Å². The van der Waals surface area contributed by atoms with E-state index in [-0.39, 0.29) is 30.5 Å². The van der Waals surface area contributed by atoms with Gasteiger partial charge in [-0.3, -0.25) is 9.59 Å². The fourth-order valence-corrected chi connectivity index (χ4v) is 6.00. The van der Waals surface area contributed by atoms with Gasteiger partial charge in [-0.15, -0.1) is 0 Å². The Kier molecular flexibility index (Phi) is 9.56. The number of allylic oxidation sites excluding steroid dienone is 3. The van der Waals surface area contributed by atoms with Crippen LogP contribution in [-0.4, -0.2) is 38.5 Å². The van der Waals surface area contributed by atoms with Gasteiger partial charge in [-0.1, -0.05) is 42.5 Å². The molecule has 3 aromatic carbocycles. The summed E-state index contributed by atoms with van der Waals surface area (Å²) in [6.07, 6.45) is 0.780. The summed E-state index contributed by atoms with van der Waals surface area (Å²) in [6, 6.07) is 20.2. The largest absolute Gasteiger partial charge is 0.493 e. The highest BCUT2D eigenvalue weighted by molar-refractivity contribution is 6.04. The molecule has 5 rings (SSSR count). The van der Waals surface area contributed by atoms with E-state index in [0.717, 1.165) is 16.8 Å². The summed E-state index contributed by atoms with van der Waals surface area (Å²) < 4.78 is 27.9. The fourth-order valence-electron chi connectivity index (χ4n) is 6.00. The smallest absolute Gasteiger partial charge is 0.337 e. The van der Waals surface area contributed by atoms with Crippen molar-refractivity contribution >= 4 is 17.7 Å². The third kappa shape index (κ3) is 6.72. The summed E-state index contributed by atoms with van der Waals surface area (Å²) in [5, 5.41) is 3.39. The van der Waals surface area contributed by atoms with E-state index < -0.39 is 17.9 Å². The zero-order chi connectivity index (χ0) is 32.1. The first-order valence-electron chi connectivity index (χ1n) is 14.9. The molecular formula is C36H37NO8. The second-order valence-electron chi connectivity index (χ2n) is 10.9. The van der Waals surface area contributed by atoms with Crippen LogP contribution in [0.15, 0.2) is 89.3 Å². The number of hydrogen-bond donors (Lipinski definition) is 1. The van der Waals surface area contributed by atoms with Crippen LogP contribution in [0.4, 0.5) is 0 Å². The van der Waals surface area contributed by atoms with Crippen LogP contribution in [-0.2, 0) is 25.7 Å². The Hall–Kier alpha value is -5.05. The Labute approximate surface area is 262 Å². The maximum atomic E-state index is 14.1. The average Bonchev–Trinajstić information content (AvgIpc) is 3.03. The molecule has 0 fully saturated rings. The summed E-state index contributed by atoms with van der Waals surface area (Å²) in [6.45, 7) is 5.36. The van der Waals surface area contributed by atoms with Gasteiger partial charge in [-0.25, -0.2) is 4.79 Å². The first kappa shape index (κ1) is 31.4. The van der Waals surface area contributed by atoms with Gasteiger partial charge in [0, 0.05) is 36.2 Å². The maximum absolute atomic E-state index is 14.1. The number of ketones is 1. The van der Waals surface area contributed by atoms with E-state index in [9.17, 15) is 14.4 Å². The molecule has 1 heterocycles. The highest BCUT2D eigenvalue weighted by Crippen LogP contribution is 2.47. The lowest BCUT2D eigenvalue weighted by atomic mass is 9.71. The van der Waals surface area contributed by atoms with Gasteiger partial charge < -0.3 is 29.0 Å². The molecule has 0 radical (unpaired) electrons. The maximum Gasteiger partial charge on any atom is 0.337 e. The lowest BCUT2D eigenvalue weighted by Crippen LogP contribution is -2.36. The van der Waals surface area contributed by atoms with E-state index in [4.69, 9.17) is 23.7 Å². The molecule has 0 saturated heterocycles. The normalized spacial score (nSPS) is 17.7. The number of ether oxygens (including phenoxy) is 5. The van der Waals surface area contributed by atoms with Gasteiger partial charge in [-0.05, 0) is 67.1 Å². The van der Waals surface area contributed by atoms with Gasteiger partial charge in [-0.2, -0.15) is 0 Å². The van der Waals surface area contributed by atoms with E-state index in [1.165, 1.54) is 6.92 Å². The number of nitrogens with one attached hydrogen (secondary N) is 1. The molecule has 3 aromatic rings. The average molecular weight is 612 g/mol. The molecule has 0 unspecified atom stereocenters. The van der Waals surface area contributed by atoms with Crippen molar-refractivity contribution in [2.24, 2.45) is 0 Å². The number of carbonyl (C=O) groups is 3. The molecule has 1 aliphatic carbocycles. The Morgan fingerprint density at radius 3 is 2.24 bits per heavy atom. The third-order valence-electron chi connectivity index (χ3n) is 7.99. The number of methoxy groups -OCH3 is 2. The summed E-state index contributed by atoms with van der Waals surface area (Å²) in [4.78, 5) is 39.7. The number of esters is 2. The highest BCUT2D eigenvalue weighted by Gasteiger charge is 2.42. The number of Topliss-reactive ketones (excluding diaryl/α,β-unsaturated/α-hetero) is 1. The molecule has 9 nitrogen and oxygen atoms in total. The summed E-state index contributed by atoms with van der Waals surface area (Å²) in [7, 11) is 3.16. The number of carbonyl (C=O) groups excluding carboxylic acids is 3. The van der Waals surface area contributed by atoms with Crippen molar-refractivity contribution in [1.29, 1.82) is 0 Å². The van der Waals surface area contributed by atoms with Gasteiger partial charge >= 0.3 is 11.9 Å². The monoisotopic (exact) mass is 611 g/mol. The SMILES string of the molecule is CCOc1cc([C@@H]2C(C(=O)OCc3ccccc3)=C(C)NC3=C2C(=O)C[C@@H](c2ccc(OC)c(OC)c2)C3)ccc1OC(C)=O. The zero-order valence-electron chi connectivity index (χ0n) is 26.1. The molecule has 0 saturated carbocycles. The van der Waals surface area contributed by atoms with Crippen LogP contribution in [0.2, 0.25) is 0 Å². The van der Waals surface area contributed by atoms with E-state index in [1.54, 1.807) is 32.4 Å². The van der Waals surface area contributed by atoms with E-state index in [0.29, 0.717) is 52.7 Å². The van der Waals surface area contributed by atoms with Gasteiger partial charge in [0.2, 0.25) is 0 Å². The highest BCUT2D eigenvalue weighted by atomic mass is 16.6. The van der Waals surface area contributed by atoms with E-state index in [2.05, 4.69) is 5.32 Å². The van der Waals surface area contributed by atoms with Crippen LogP contribution in [0.3, 0.4) is 0 Å². The predicted molar refractivity (Wildman–Crippen MR) is 167 cm³/mol. The van der Waals surface area contributed by atoms with Gasteiger partial charge in [0.05, 0.1) is 26.4 Å². The third-order valence-corrected chi connectivity index (χ3v) is 7.99. The van der Waals surface area contributed by atoms with Crippen molar-refractivity contribution in [1.82, 2.24) is 5.32 Å². The first-order chi connectivity index (χ1) is 21.7. The Morgan fingerprint density at radius 2 is 1.56 bits per heavy atom. The molecule has 0 amide bonds. The minimum Gasteiger partial charge on any atom is -0.493 e. The summed E-state index contributed by atoms with van der Waals surface area (Å²) >= 11 is 0. The molecule has 234 valence electrons. The van der Waals surface area contributed by atoms with Crippen molar-refractivity contribution in [2.45, 2.75) is 52.1 Å². The number of rotatable bonds is 10. The quantitative estimate of drug-likeness (QED) is 0.214. The second kappa shape index (κ2) is 13.7. The summed E-state index contributed by atoms with van der Waals surface area (Å²) in [5.74, 6) is -0.149. The molecule has 2 aliphatic rings. The van der Waals surface area contributed by atoms with Crippen LogP contribution in [0, 0.1) is 0 Å². The van der Waals surface area contributed by atoms with Gasteiger partial charge in [0.1, 0.15) is 6.61 Å². The van der Waals surface area contributed by atoms with Crippen LogP contribution >= 0.6 is 0 Å². The van der Waals surface area contributed by atoms with Gasteiger partial charge in [0.25, 0.3) is 0 Å². The standard InChI is InChI=1S/C36H37NO8/c1-6-43-32-19-25(13-15-30(32)45-22(3)38)34-33(36(40)44-20-23-10-8-7-9-11-23)21(2)37-27-16-26(17-28(39)35(27)34)24-12-14-29(41-4)31(18-24)42-5/h7-15,18-19,26,34,37H,6,16-17,20H2,1-5H3/t26-,34+/m0/s1. The van der Waals surface area contributed by atoms with E-state index in [1.807, 2.05) is 62.4 Å². The fraction of sp³-hybridized carbons (Fsp3) is 0.306. The first-order valence-corrected chi connectivity index (χ1v) is 14.9. The second-order valence-corrected chi connectivity index (χ2v) is 10.9. The molecular weight excluding hydrogens is 574 g/mol. The van der Waals surface area contributed by atoms with Crippen LogP contribution in [0.1, 0.15) is 62.1 Å². The minimum absolute atomic E-state index is 0.0833. The van der Waals surface area contributed by atoms with Crippen molar-refractivity contribution < 1.29 is 38.1 Å². The van der Waals surface area contributed by atoms with Gasteiger partial charge in [0.15, 0.2) is 28.8 Å². The predicted octanol–water partition coefficient (Wildman–Crippen LogP) is 6.13. The number of benzene rings is 3. The molecule has 0 bridgehead atoms. The number of hydrogen-bond acceptors (Lipinski definition) is 9. The van der Waals surface area contributed by atoms with Crippen molar-refractivity contribution in [3.8, 4) is 23.0 Å². The zero-order valence-corrected chi connectivity index (χ0v) is 26.1. The molecule has 1 N–H and O–H groups in total. The Morgan fingerprint density at radius 1 is 0.867 bits per heavy atom. The number of dihydropyridines is 1. The van der Waals surface area contributed by atoms with Crippen LogP contribution in [0.25, 0.3) is 0 Å². The minimum atomic E-state index is -0.728. The molecule has 0 aromatic heterocycles. The van der Waals surface area contributed by atoms with Crippen molar-refractivity contribution in [3.05, 3.63) is 106 Å². The molecule has 1 aliphatic heterocycles. The Bertz CT molecular complexity index is 1670. The van der Waals surface area contributed by atoms with E-state index >= 15 is 0 Å². The molecule has 0 spiro atoms. The lowest BCUT2D eigenvalue weighted by molar-refractivity contribution is -0.140. The molecule has 45 heavy (non-hydrogen) atoms. The molecule has 2 atom stereocenters.